The highest BCUT2D eigenvalue weighted by molar-refractivity contribution is 9.12. The predicted molar refractivity (Wildman–Crippen MR) is 156 cm³/mol. The average molecular weight is 706 g/mol. The zero-order valence-electron chi connectivity index (χ0n) is 23.5. The highest BCUT2D eigenvalue weighted by Crippen LogP contribution is 2.57. The van der Waals surface area contributed by atoms with Gasteiger partial charge in [0.15, 0.2) is 11.6 Å². The summed E-state index contributed by atoms with van der Waals surface area (Å²) >= 11 is 3.10. The molecule has 6 nitrogen and oxygen atoms in total. The SMILES string of the molecule is C=CCc1cccc(C2C3=CCC4C(=O)N(c5cc(C(F)(F)F)cc(C(F)(F)F)c5)C(=O)C4C3CC3=C2C(=O)C=C(Br)C3=O)c1O. The maximum Gasteiger partial charge on any atom is 0.416 e. The van der Waals surface area contributed by atoms with Crippen molar-refractivity contribution in [2.75, 3.05) is 4.90 Å². The van der Waals surface area contributed by atoms with E-state index in [1.807, 2.05) is 0 Å². The van der Waals surface area contributed by atoms with Crippen LogP contribution in [0.2, 0.25) is 0 Å². The number of carbonyl (C=O) groups is 4. The molecule has 0 saturated carbocycles. The van der Waals surface area contributed by atoms with Gasteiger partial charge in [0, 0.05) is 28.7 Å². The molecule has 2 aromatic carbocycles. The predicted octanol–water partition coefficient (Wildman–Crippen LogP) is 7.12. The van der Waals surface area contributed by atoms with E-state index in [0.717, 1.165) is 6.08 Å². The summed E-state index contributed by atoms with van der Waals surface area (Å²) in [5.74, 6) is -7.60. The lowest BCUT2D eigenvalue weighted by atomic mass is 9.59. The van der Waals surface area contributed by atoms with Gasteiger partial charge in [0.1, 0.15) is 5.75 Å². The summed E-state index contributed by atoms with van der Waals surface area (Å²) in [7, 11) is 0. The van der Waals surface area contributed by atoms with Crippen LogP contribution in [0.4, 0.5) is 32.0 Å². The van der Waals surface area contributed by atoms with Crippen molar-refractivity contribution in [1.82, 2.24) is 0 Å². The summed E-state index contributed by atoms with van der Waals surface area (Å²) in [5, 5.41) is 11.3. The highest BCUT2D eigenvalue weighted by Gasteiger charge is 2.57. The fourth-order valence-corrected chi connectivity index (χ4v) is 7.50. The second-order valence-corrected chi connectivity index (χ2v) is 12.4. The molecule has 4 unspecified atom stereocenters. The zero-order chi connectivity index (χ0) is 33.5. The molecule has 1 saturated heterocycles. The molecule has 1 fully saturated rings. The van der Waals surface area contributed by atoms with Crippen molar-refractivity contribution in [2.24, 2.45) is 17.8 Å². The Kier molecular flexibility index (Phi) is 7.53. The number of rotatable bonds is 4. The molecule has 46 heavy (non-hydrogen) atoms. The molecule has 0 bridgehead atoms. The van der Waals surface area contributed by atoms with Gasteiger partial charge in [-0.1, -0.05) is 35.9 Å². The van der Waals surface area contributed by atoms with Crippen LogP contribution in [0, 0.1) is 17.8 Å². The number of anilines is 1. The summed E-state index contributed by atoms with van der Waals surface area (Å²) in [6.07, 6.45) is -6.17. The van der Waals surface area contributed by atoms with Gasteiger partial charge in [0.2, 0.25) is 11.8 Å². The lowest BCUT2D eigenvalue weighted by Crippen LogP contribution is -2.39. The molecule has 2 aromatic rings. The Hall–Kier alpha value is -4.26. The van der Waals surface area contributed by atoms with Gasteiger partial charge in [0.05, 0.1) is 33.1 Å². The first-order valence-electron chi connectivity index (χ1n) is 14.0. The molecular formula is C33H22BrF6NO5. The number of allylic oxidation sites excluding steroid dienone is 7. The van der Waals surface area contributed by atoms with Crippen molar-refractivity contribution in [3.63, 3.8) is 0 Å². The number of amides is 2. The number of phenolic OH excluding ortho intramolecular Hbond substituents is 1. The number of alkyl halides is 6. The first-order chi connectivity index (χ1) is 21.5. The normalized spacial score (nSPS) is 24.8. The Balaban J connectivity index is 1.49. The van der Waals surface area contributed by atoms with E-state index in [1.54, 1.807) is 30.4 Å². The first-order valence-corrected chi connectivity index (χ1v) is 14.8. The summed E-state index contributed by atoms with van der Waals surface area (Å²) in [4.78, 5) is 54.8. The van der Waals surface area contributed by atoms with E-state index in [1.165, 1.54) is 0 Å². The Bertz CT molecular complexity index is 1820. The first kappa shape index (κ1) is 31.7. The number of nitrogens with zero attached hydrogens (tertiary/aromatic N) is 1. The second kappa shape index (κ2) is 10.9. The van der Waals surface area contributed by atoms with Gasteiger partial charge < -0.3 is 5.11 Å². The molecule has 13 heteroatoms. The van der Waals surface area contributed by atoms with Gasteiger partial charge >= 0.3 is 12.4 Å². The lowest BCUT2D eigenvalue weighted by molar-refractivity contribution is -0.143. The molecule has 1 N–H and O–H groups in total. The van der Waals surface area contributed by atoms with Crippen molar-refractivity contribution in [3.8, 4) is 5.75 Å². The molecular weight excluding hydrogens is 684 g/mol. The Morgan fingerprint density at radius 2 is 1.61 bits per heavy atom. The van der Waals surface area contributed by atoms with Crippen LogP contribution in [0.5, 0.6) is 5.75 Å². The third-order valence-electron chi connectivity index (χ3n) is 8.99. The Morgan fingerprint density at radius 3 is 2.22 bits per heavy atom. The second-order valence-electron chi connectivity index (χ2n) is 11.5. The summed E-state index contributed by atoms with van der Waals surface area (Å²) in [6.45, 7) is 3.68. The topological polar surface area (TPSA) is 91.8 Å². The molecule has 2 amide bonds. The molecule has 1 heterocycles. The fraction of sp³-hybridized carbons (Fsp3) is 0.273. The zero-order valence-corrected chi connectivity index (χ0v) is 25.1. The molecule has 0 spiro atoms. The largest absolute Gasteiger partial charge is 0.507 e. The smallest absolute Gasteiger partial charge is 0.416 e. The quantitative estimate of drug-likeness (QED) is 0.158. The van der Waals surface area contributed by atoms with Crippen LogP contribution in [0.1, 0.15) is 41.0 Å². The number of hydrogen-bond donors (Lipinski definition) is 1. The van der Waals surface area contributed by atoms with Crippen LogP contribution >= 0.6 is 15.9 Å². The number of ketones is 2. The van der Waals surface area contributed by atoms with E-state index in [9.17, 15) is 50.6 Å². The number of benzene rings is 2. The molecule has 4 aliphatic rings. The third-order valence-corrected chi connectivity index (χ3v) is 9.58. The minimum atomic E-state index is -5.21. The average Bonchev–Trinajstić information content (AvgIpc) is 3.24. The standard InChI is InChI=1S/C33H22BrF6NO5/c1-2-4-14-5-3-6-19(28(14)43)25-18-7-8-20-26(21(18)12-22-27(25)24(42)13-23(34)29(22)44)31(46)41(30(20)45)17-10-15(32(35,36)37)9-16(11-17)33(38,39)40/h2-3,5-7,9-11,13,20-21,25-26,43H,1,4,8,12H2. The van der Waals surface area contributed by atoms with E-state index >= 15 is 0 Å². The van der Waals surface area contributed by atoms with Crippen LogP contribution < -0.4 is 4.90 Å². The minimum Gasteiger partial charge on any atom is -0.507 e. The van der Waals surface area contributed by atoms with Crippen LogP contribution in [0.3, 0.4) is 0 Å². The van der Waals surface area contributed by atoms with Crippen molar-refractivity contribution in [3.05, 3.63) is 105 Å². The van der Waals surface area contributed by atoms with Crippen LogP contribution in [-0.4, -0.2) is 28.5 Å². The molecule has 0 aromatic heterocycles. The molecule has 238 valence electrons. The van der Waals surface area contributed by atoms with Gasteiger partial charge in [-0.05, 0) is 64.9 Å². The fourth-order valence-electron chi connectivity index (χ4n) is 7.05. The van der Waals surface area contributed by atoms with Gasteiger partial charge in [-0.25, -0.2) is 4.90 Å². The van der Waals surface area contributed by atoms with Crippen molar-refractivity contribution in [1.29, 1.82) is 0 Å². The number of hydrogen-bond acceptors (Lipinski definition) is 5. The molecule has 4 atom stereocenters. The molecule has 0 radical (unpaired) electrons. The number of para-hydroxylation sites is 1. The number of halogens is 7. The van der Waals surface area contributed by atoms with E-state index in [4.69, 9.17) is 0 Å². The maximum atomic E-state index is 14.0. The summed E-state index contributed by atoms with van der Waals surface area (Å²) in [5.41, 5.74) is -2.93. The molecule has 3 aliphatic carbocycles. The van der Waals surface area contributed by atoms with E-state index in [-0.39, 0.29) is 52.3 Å². The third kappa shape index (κ3) is 4.95. The van der Waals surface area contributed by atoms with Gasteiger partial charge in [0.25, 0.3) is 0 Å². The highest BCUT2D eigenvalue weighted by atomic mass is 79.9. The Morgan fingerprint density at radius 1 is 0.957 bits per heavy atom. The number of aromatic hydroxyl groups is 1. The number of carbonyl (C=O) groups excluding carboxylic acids is 4. The minimum absolute atomic E-state index is 0.0397. The van der Waals surface area contributed by atoms with Crippen molar-refractivity contribution >= 4 is 45.0 Å². The van der Waals surface area contributed by atoms with Crippen molar-refractivity contribution in [2.45, 2.75) is 37.5 Å². The Labute approximate surface area is 265 Å². The number of phenols is 1. The lowest BCUT2D eigenvalue weighted by Gasteiger charge is -2.42. The van der Waals surface area contributed by atoms with E-state index in [0.29, 0.717) is 28.2 Å². The molecule has 1 aliphatic heterocycles. The monoisotopic (exact) mass is 705 g/mol. The van der Waals surface area contributed by atoms with E-state index in [2.05, 4.69) is 22.5 Å². The van der Waals surface area contributed by atoms with Crippen LogP contribution in [-0.2, 0) is 38.0 Å². The number of imide groups is 1. The van der Waals surface area contributed by atoms with Gasteiger partial charge in [-0.2, -0.15) is 26.3 Å². The van der Waals surface area contributed by atoms with Gasteiger partial charge in [-0.3, -0.25) is 19.2 Å². The van der Waals surface area contributed by atoms with Crippen LogP contribution in [0.25, 0.3) is 0 Å². The maximum absolute atomic E-state index is 14.0. The number of fused-ring (bicyclic) bond motifs is 3. The van der Waals surface area contributed by atoms with Crippen LogP contribution in [0.15, 0.2) is 82.4 Å². The van der Waals surface area contributed by atoms with Gasteiger partial charge in [-0.15, -0.1) is 6.58 Å². The number of Topliss-reactive ketones (excluding diaryl/α,β-unsaturated/α-hetero) is 1. The molecule has 6 rings (SSSR count). The summed E-state index contributed by atoms with van der Waals surface area (Å²) < 4.78 is 81.8. The summed E-state index contributed by atoms with van der Waals surface area (Å²) in [6, 6.07) is 5.42. The van der Waals surface area contributed by atoms with E-state index < -0.39 is 76.2 Å². The van der Waals surface area contributed by atoms with Crippen molar-refractivity contribution < 1.29 is 50.6 Å².